The van der Waals surface area contributed by atoms with E-state index >= 15 is 0 Å². The van der Waals surface area contributed by atoms with Gasteiger partial charge in [-0.05, 0) is 36.4 Å². The van der Waals surface area contributed by atoms with Crippen LogP contribution in [-0.4, -0.2) is 49.0 Å². The van der Waals surface area contributed by atoms with Crippen molar-refractivity contribution in [1.82, 2.24) is 15.1 Å². The minimum Gasteiger partial charge on any atom is -0.352 e. The standard InChI is InChI=1S/C18H28N4/c1-15-6-5-10-22(13-15)14-17-8-4-3-7-16(17)12-20-18-19-9-11-21(18)2/h3-4,7-8,15H,5-6,9-14H2,1-2H3,(H,19,20). The quantitative estimate of drug-likeness (QED) is 0.926. The first-order valence-electron chi connectivity index (χ1n) is 8.51. The molecule has 4 heteroatoms. The van der Waals surface area contributed by atoms with Crippen LogP contribution in [-0.2, 0) is 13.1 Å². The van der Waals surface area contributed by atoms with Crippen molar-refractivity contribution in [1.29, 1.82) is 0 Å². The van der Waals surface area contributed by atoms with Crippen LogP contribution in [0.2, 0.25) is 0 Å². The zero-order chi connectivity index (χ0) is 15.4. The minimum atomic E-state index is 0.834. The molecule has 0 bridgehead atoms. The molecule has 1 aromatic carbocycles. The van der Waals surface area contributed by atoms with Gasteiger partial charge in [-0.3, -0.25) is 9.89 Å². The Morgan fingerprint density at radius 3 is 2.77 bits per heavy atom. The van der Waals surface area contributed by atoms with Crippen LogP contribution in [0.4, 0.5) is 0 Å². The van der Waals surface area contributed by atoms with Crippen LogP contribution in [0.1, 0.15) is 30.9 Å². The normalized spacial score (nSPS) is 22.7. The predicted molar refractivity (Wildman–Crippen MR) is 91.9 cm³/mol. The molecule has 0 saturated carbocycles. The van der Waals surface area contributed by atoms with Crippen molar-refractivity contribution >= 4 is 5.96 Å². The van der Waals surface area contributed by atoms with E-state index in [1.54, 1.807) is 0 Å². The molecule has 0 aliphatic carbocycles. The fourth-order valence-corrected chi connectivity index (χ4v) is 3.45. The van der Waals surface area contributed by atoms with E-state index in [0.717, 1.165) is 38.1 Å². The van der Waals surface area contributed by atoms with Crippen LogP contribution >= 0.6 is 0 Å². The van der Waals surface area contributed by atoms with Crippen molar-refractivity contribution < 1.29 is 0 Å². The first-order valence-corrected chi connectivity index (χ1v) is 8.51. The number of likely N-dealkylation sites (N-methyl/N-ethyl adjacent to an activating group) is 1. The molecule has 0 radical (unpaired) electrons. The largest absolute Gasteiger partial charge is 0.352 e. The number of aliphatic imine (C=N–C) groups is 1. The number of rotatable bonds is 4. The number of hydrogen-bond acceptors (Lipinski definition) is 4. The SMILES string of the molecule is CC1CCCN(Cc2ccccc2CNC2=NCCN2C)C1. The summed E-state index contributed by atoms with van der Waals surface area (Å²) in [5, 5.41) is 3.49. The summed E-state index contributed by atoms with van der Waals surface area (Å²) in [6, 6.07) is 8.81. The van der Waals surface area contributed by atoms with Gasteiger partial charge in [0.25, 0.3) is 0 Å². The number of hydrogen-bond donors (Lipinski definition) is 1. The van der Waals surface area contributed by atoms with Gasteiger partial charge < -0.3 is 10.2 Å². The lowest BCUT2D eigenvalue weighted by atomic mass is 9.99. The summed E-state index contributed by atoms with van der Waals surface area (Å²) in [7, 11) is 2.10. The molecule has 2 heterocycles. The van der Waals surface area contributed by atoms with Gasteiger partial charge in [-0.1, -0.05) is 31.2 Å². The molecule has 1 N–H and O–H groups in total. The Kier molecular flexibility index (Phi) is 4.98. The first-order chi connectivity index (χ1) is 10.7. The molecule has 1 unspecified atom stereocenters. The molecular weight excluding hydrogens is 272 g/mol. The fraction of sp³-hybridized carbons (Fsp3) is 0.611. The fourth-order valence-electron chi connectivity index (χ4n) is 3.45. The molecule has 4 nitrogen and oxygen atoms in total. The van der Waals surface area contributed by atoms with Crippen LogP contribution in [0.5, 0.6) is 0 Å². The Morgan fingerprint density at radius 1 is 1.23 bits per heavy atom. The first kappa shape index (κ1) is 15.3. The Bertz CT molecular complexity index is 526. The summed E-state index contributed by atoms with van der Waals surface area (Å²) in [6.07, 6.45) is 2.72. The van der Waals surface area contributed by atoms with Gasteiger partial charge in [-0.25, -0.2) is 0 Å². The number of piperidine rings is 1. The summed E-state index contributed by atoms with van der Waals surface area (Å²) in [6.45, 7) is 8.71. The predicted octanol–water partition coefficient (Wildman–Crippen LogP) is 2.31. The number of likely N-dealkylation sites (tertiary alicyclic amines) is 1. The van der Waals surface area contributed by atoms with Gasteiger partial charge in [0.05, 0.1) is 6.54 Å². The molecule has 0 aromatic heterocycles. The van der Waals surface area contributed by atoms with Crippen molar-refractivity contribution in [3.8, 4) is 0 Å². The van der Waals surface area contributed by atoms with E-state index in [0.29, 0.717) is 0 Å². The number of nitrogens with one attached hydrogen (secondary N) is 1. The highest BCUT2D eigenvalue weighted by Crippen LogP contribution is 2.19. The lowest BCUT2D eigenvalue weighted by Crippen LogP contribution is -2.36. The maximum absolute atomic E-state index is 4.51. The van der Waals surface area contributed by atoms with Crippen molar-refractivity contribution in [3.63, 3.8) is 0 Å². The van der Waals surface area contributed by atoms with Gasteiger partial charge in [-0.2, -0.15) is 0 Å². The molecule has 1 saturated heterocycles. The molecule has 0 amide bonds. The van der Waals surface area contributed by atoms with Gasteiger partial charge >= 0.3 is 0 Å². The second-order valence-corrected chi connectivity index (χ2v) is 6.73. The lowest BCUT2D eigenvalue weighted by Gasteiger charge is -2.31. The van der Waals surface area contributed by atoms with E-state index in [1.807, 2.05) is 0 Å². The summed E-state index contributed by atoms with van der Waals surface area (Å²) < 4.78 is 0. The third-order valence-electron chi connectivity index (χ3n) is 4.75. The van der Waals surface area contributed by atoms with Crippen molar-refractivity contribution in [2.45, 2.75) is 32.9 Å². The van der Waals surface area contributed by atoms with E-state index in [2.05, 4.69) is 58.3 Å². The topological polar surface area (TPSA) is 30.9 Å². The van der Waals surface area contributed by atoms with Gasteiger partial charge in [0.1, 0.15) is 0 Å². The van der Waals surface area contributed by atoms with Crippen LogP contribution in [0.15, 0.2) is 29.3 Å². The molecule has 22 heavy (non-hydrogen) atoms. The van der Waals surface area contributed by atoms with Gasteiger partial charge in [0, 0.05) is 33.2 Å². The molecule has 120 valence electrons. The van der Waals surface area contributed by atoms with E-state index in [1.165, 1.54) is 37.1 Å². The zero-order valence-electron chi connectivity index (χ0n) is 13.9. The maximum atomic E-state index is 4.51. The van der Waals surface area contributed by atoms with Crippen molar-refractivity contribution in [3.05, 3.63) is 35.4 Å². The molecule has 0 spiro atoms. The Morgan fingerprint density at radius 2 is 2.05 bits per heavy atom. The number of guanidine groups is 1. The molecule has 2 aliphatic rings. The summed E-state index contributed by atoms with van der Waals surface area (Å²) in [5.74, 6) is 1.86. The van der Waals surface area contributed by atoms with E-state index < -0.39 is 0 Å². The van der Waals surface area contributed by atoms with Crippen LogP contribution < -0.4 is 5.32 Å². The molecule has 1 aromatic rings. The number of nitrogens with zero attached hydrogens (tertiary/aromatic N) is 3. The van der Waals surface area contributed by atoms with Crippen molar-refractivity contribution in [2.75, 3.05) is 33.2 Å². The van der Waals surface area contributed by atoms with E-state index in [4.69, 9.17) is 0 Å². The molecular formula is C18H28N4. The van der Waals surface area contributed by atoms with Crippen LogP contribution in [0, 0.1) is 5.92 Å². The summed E-state index contributed by atoms with van der Waals surface area (Å²) in [4.78, 5) is 9.30. The summed E-state index contributed by atoms with van der Waals surface area (Å²) in [5.41, 5.74) is 2.84. The Labute approximate surface area is 134 Å². The average Bonchev–Trinajstić information content (AvgIpc) is 2.92. The molecule has 3 rings (SSSR count). The minimum absolute atomic E-state index is 0.834. The monoisotopic (exact) mass is 300 g/mol. The highest BCUT2D eigenvalue weighted by Gasteiger charge is 2.17. The lowest BCUT2D eigenvalue weighted by molar-refractivity contribution is 0.176. The molecule has 1 atom stereocenters. The summed E-state index contributed by atoms with van der Waals surface area (Å²) >= 11 is 0. The highest BCUT2D eigenvalue weighted by atomic mass is 15.3. The van der Waals surface area contributed by atoms with E-state index in [-0.39, 0.29) is 0 Å². The maximum Gasteiger partial charge on any atom is 0.194 e. The molecule has 2 aliphatic heterocycles. The van der Waals surface area contributed by atoms with E-state index in [9.17, 15) is 0 Å². The smallest absolute Gasteiger partial charge is 0.194 e. The van der Waals surface area contributed by atoms with Crippen LogP contribution in [0.25, 0.3) is 0 Å². The highest BCUT2D eigenvalue weighted by molar-refractivity contribution is 5.81. The number of benzene rings is 1. The van der Waals surface area contributed by atoms with Crippen LogP contribution in [0.3, 0.4) is 0 Å². The molecule has 1 fully saturated rings. The van der Waals surface area contributed by atoms with Gasteiger partial charge in [-0.15, -0.1) is 0 Å². The third-order valence-corrected chi connectivity index (χ3v) is 4.75. The third kappa shape index (κ3) is 3.80. The Hall–Kier alpha value is -1.55. The van der Waals surface area contributed by atoms with Gasteiger partial charge in [0.2, 0.25) is 0 Å². The second-order valence-electron chi connectivity index (χ2n) is 6.73. The van der Waals surface area contributed by atoms with Crippen molar-refractivity contribution in [2.24, 2.45) is 10.9 Å². The Balaban J connectivity index is 1.62. The van der Waals surface area contributed by atoms with Gasteiger partial charge in [0.15, 0.2) is 5.96 Å². The zero-order valence-corrected chi connectivity index (χ0v) is 13.9. The average molecular weight is 300 g/mol. The second kappa shape index (κ2) is 7.14.